The van der Waals surface area contributed by atoms with Crippen molar-refractivity contribution in [2.24, 2.45) is 10.9 Å². The van der Waals surface area contributed by atoms with E-state index in [4.69, 9.17) is 4.74 Å². The lowest BCUT2D eigenvalue weighted by Crippen LogP contribution is -2.41. The molecule has 0 unspecified atom stereocenters. The SMILES string of the molecule is CCNC(=NCCc1ccc(OCc2ccccc2)cc1)NCCNC(=O)C1CC1.I. The molecule has 0 spiro atoms. The largest absolute Gasteiger partial charge is 0.489 e. The minimum absolute atomic E-state index is 0. The maximum Gasteiger partial charge on any atom is 0.223 e. The standard InChI is InChI=1S/C24H32N4O2.HI/c1-2-25-24(28-17-16-26-23(29)21-10-11-21)27-15-14-19-8-12-22(13-9-19)30-18-20-6-4-3-5-7-20;/h3-9,12-13,21H,2,10-11,14-18H2,1H3,(H,26,29)(H2,25,27,28);1H. The van der Waals surface area contributed by atoms with Crippen molar-refractivity contribution in [1.82, 2.24) is 16.0 Å². The van der Waals surface area contributed by atoms with Crippen molar-refractivity contribution in [1.29, 1.82) is 0 Å². The summed E-state index contributed by atoms with van der Waals surface area (Å²) in [7, 11) is 0. The molecule has 0 saturated heterocycles. The van der Waals surface area contributed by atoms with Crippen molar-refractivity contribution in [3.63, 3.8) is 0 Å². The lowest BCUT2D eigenvalue weighted by atomic mass is 10.1. The summed E-state index contributed by atoms with van der Waals surface area (Å²) < 4.78 is 5.83. The van der Waals surface area contributed by atoms with Crippen molar-refractivity contribution in [2.45, 2.75) is 32.8 Å². The van der Waals surface area contributed by atoms with Crippen LogP contribution in [0.1, 0.15) is 30.9 Å². The summed E-state index contributed by atoms with van der Waals surface area (Å²) in [6.07, 6.45) is 2.92. The molecule has 1 saturated carbocycles. The molecule has 3 rings (SSSR count). The van der Waals surface area contributed by atoms with Crippen LogP contribution in [0.25, 0.3) is 0 Å². The molecule has 0 aliphatic heterocycles. The van der Waals surface area contributed by atoms with Gasteiger partial charge in [-0.2, -0.15) is 0 Å². The molecule has 7 heteroatoms. The van der Waals surface area contributed by atoms with Gasteiger partial charge in [0.2, 0.25) is 5.91 Å². The lowest BCUT2D eigenvalue weighted by molar-refractivity contribution is -0.122. The minimum atomic E-state index is 0. The molecule has 1 aliphatic rings. The van der Waals surface area contributed by atoms with Gasteiger partial charge in [0.1, 0.15) is 12.4 Å². The number of hydrogen-bond acceptors (Lipinski definition) is 3. The third-order valence-corrected chi connectivity index (χ3v) is 4.85. The predicted molar refractivity (Wildman–Crippen MR) is 136 cm³/mol. The summed E-state index contributed by atoms with van der Waals surface area (Å²) >= 11 is 0. The Morgan fingerprint density at radius 3 is 2.35 bits per heavy atom. The zero-order valence-electron chi connectivity index (χ0n) is 18.1. The van der Waals surface area contributed by atoms with Crippen molar-refractivity contribution in [2.75, 3.05) is 26.2 Å². The fourth-order valence-electron chi connectivity index (χ4n) is 2.99. The second-order valence-electron chi connectivity index (χ2n) is 7.42. The van der Waals surface area contributed by atoms with Gasteiger partial charge in [0.25, 0.3) is 0 Å². The van der Waals surface area contributed by atoms with Crippen LogP contribution < -0.4 is 20.7 Å². The molecular weight excluding hydrogens is 503 g/mol. The summed E-state index contributed by atoms with van der Waals surface area (Å²) in [6, 6.07) is 18.3. The number of ether oxygens (including phenoxy) is 1. The van der Waals surface area contributed by atoms with E-state index in [0.29, 0.717) is 26.2 Å². The summed E-state index contributed by atoms with van der Waals surface area (Å²) in [6.45, 7) is 5.38. The molecule has 2 aromatic rings. The van der Waals surface area contributed by atoms with Crippen LogP contribution in [0.4, 0.5) is 0 Å². The molecular formula is C24H33IN4O2. The van der Waals surface area contributed by atoms with Gasteiger partial charge >= 0.3 is 0 Å². The Morgan fingerprint density at radius 1 is 0.968 bits per heavy atom. The number of hydrogen-bond donors (Lipinski definition) is 3. The van der Waals surface area contributed by atoms with Crippen LogP contribution in [0.15, 0.2) is 59.6 Å². The van der Waals surface area contributed by atoms with E-state index in [2.05, 4.69) is 45.2 Å². The number of guanidine groups is 1. The average molecular weight is 536 g/mol. The van der Waals surface area contributed by atoms with E-state index in [1.165, 1.54) is 5.56 Å². The molecule has 1 aliphatic carbocycles. The van der Waals surface area contributed by atoms with E-state index >= 15 is 0 Å². The molecule has 2 aromatic carbocycles. The highest BCUT2D eigenvalue weighted by Gasteiger charge is 2.28. The molecule has 0 atom stereocenters. The van der Waals surface area contributed by atoms with Crippen LogP contribution in [0.5, 0.6) is 5.75 Å². The van der Waals surface area contributed by atoms with Gasteiger partial charge in [0.15, 0.2) is 5.96 Å². The van der Waals surface area contributed by atoms with Crippen LogP contribution >= 0.6 is 24.0 Å². The molecule has 0 heterocycles. The highest BCUT2D eigenvalue weighted by atomic mass is 127. The van der Waals surface area contributed by atoms with Gasteiger partial charge in [-0.05, 0) is 49.4 Å². The average Bonchev–Trinajstić information content (AvgIpc) is 3.62. The van der Waals surface area contributed by atoms with Crippen molar-refractivity contribution < 1.29 is 9.53 Å². The Bertz CT molecular complexity index is 808. The van der Waals surface area contributed by atoms with Crippen molar-refractivity contribution in [3.8, 4) is 5.75 Å². The van der Waals surface area contributed by atoms with E-state index in [-0.39, 0.29) is 35.8 Å². The number of benzene rings is 2. The van der Waals surface area contributed by atoms with E-state index in [9.17, 15) is 4.79 Å². The minimum Gasteiger partial charge on any atom is -0.489 e. The Hall–Kier alpha value is -2.29. The second-order valence-corrected chi connectivity index (χ2v) is 7.42. The quantitative estimate of drug-likeness (QED) is 0.178. The molecule has 0 radical (unpaired) electrons. The number of nitrogens with one attached hydrogen (secondary N) is 3. The molecule has 0 aromatic heterocycles. The number of carbonyl (C=O) groups is 1. The summed E-state index contributed by atoms with van der Waals surface area (Å²) in [5.41, 5.74) is 2.38. The zero-order chi connectivity index (χ0) is 21.0. The highest BCUT2D eigenvalue weighted by molar-refractivity contribution is 14.0. The first-order valence-electron chi connectivity index (χ1n) is 10.8. The maximum absolute atomic E-state index is 11.6. The number of halogens is 1. The maximum atomic E-state index is 11.6. The molecule has 1 amide bonds. The van der Waals surface area contributed by atoms with Crippen LogP contribution in [0.3, 0.4) is 0 Å². The number of rotatable bonds is 11. The number of amides is 1. The zero-order valence-corrected chi connectivity index (χ0v) is 20.4. The van der Waals surface area contributed by atoms with Crippen LogP contribution in [-0.4, -0.2) is 38.0 Å². The Kier molecular flexibility index (Phi) is 11.2. The summed E-state index contributed by atoms with van der Waals surface area (Å²) in [5.74, 6) is 2.08. The Balaban J connectivity index is 0.00000341. The number of nitrogens with zero attached hydrogens (tertiary/aromatic N) is 1. The highest BCUT2D eigenvalue weighted by Crippen LogP contribution is 2.28. The van der Waals surface area contributed by atoms with Gasteiger partial charge in [-0.15, -0.1) is 24.0 Å². The van der Waals surface area contributed by atoms with Gasteiger partial charge in [-0.3, -0.25) is 9.79 Å². The molecule has 0 bridgehead atoms. The van der Waals surface area contributed by atoms with Gasteiger partial charge < -0.3 is 20.7 Å². The van der Waals surface area contributed by atoms with Crippen molar-refractivity contribution in [3.05, 3.63) is 65.7 Å². The smallest absolute Gasteiger partial charge is 0.223 e. The Labute approximate surface area is 202 Å². The lowest BCUT2D eigenvalue weighted by Gasteiger charge is -2.12. The van der Waals surface area contributed by atoms with Gasteiger partial charge in [0.05, 0.1) is 0 Å². The Morgan fingerprint density at radius 2 is 1.68 bits per heavy atom. The first-order chi connectivity index (χ1) is 14.7. The van der Waals surface area contributed by atoms with Crippen LogP contribution in [-0.2, 0) is 17.8 Å². The molecule has 6 nitrogen and oxygen atoms in total. The summed E-state index contributed by atoms with van der Waals surface area (Å²) in [4.78, 5) is 16.3. The fourth-order valence-corrected chi connectivity index (χ4v) is 2.99. The van der Waals surface area contributed by atoms with Gasteiger partial charge in [-0.25, -0.2) is 0 Å². The normalized spacial score (nSPS) is 13.1. The summed E-state index contributed by atoms with van der Waals surface area (Å²) in [5, 5.41) is 9.46. The van der Waals surface area contributed by atoms with Gasteiger partial charge in [-0.1, -0.05) is 42.5 Å². The monoisotopic (exact) mass is 536 g/mol. The van der Waals surface area contributed by atoms with E-state index in [0.717, 1.165) is 43.1 Å². The van der Waals surface area contributed by atoms with Gasteiger partial charge in [0, 0.05) is 32.1 Å². The first kappa shape index (κ1) is 25.0. The van der Waals surface area contributed by atoms with E-state index in [1.807, 2.05) is 37.3 Å². The van der Waals surface area contributed by atoms with Crippen LogP contribution in [0.2, 0.25) is 0 Å². The second kappa shape index (κ2) is 13.9. The molecule has 3 N–H and O–H groups in total. The predicted octanol–water partition coefficient (Wildman–Crippen LogP) is 3.51. The number of aliphatic imine (C=N–C) groups is 1. The van der Waals surface area contributed by atoms with Crippen LogP contribution in [0, 0.1) is 5.92 Å². The van der Waals surface area contributed by atoms with E-state index < -0.39 is 0 Å². The fraction of sp³-hybridized carbons (Fsp3) is 0.417. The molecule has 1 fully saturated rings. The topological polar surface area (TPSA) is 74.8 Å². The molecule has 31 heavy (non-hydrogen) atoms. The van der Waals surface area contributed by atoms with E-state index in [1.54, 1.807) is 0 Å². The number of carbonyl (C=O) groups excluding carboxylic acids is 1. The third-order valence-electron chi connectivity index (χ3n) is 4.85. The molecule has 168 valence electrons. The first-order valence-corrected chi connectivity index (χ1v) is 10.8. The third kappa shape index (κ3) is 9.59. The van der Waals surface area contributed by atoms with Crippen molar-refractivity contribution >= 4 is 35.8 Å².